The van der Waals surface area contributed by atoms with Gasteiger partial charge in [0.15, 0.2) is 11.5 Å². The first-order valence-corrected chi connectivity index (χ1v) is 16.9. The van der Waals surface area contributed by atoms with E-state index in [0.717, 1.165) is 54.6 Å². The number of benzene rings is 4. The van der Waals surface area contributed by atoms with Crippen molar-refractivity contribution >= 4 is 22.3 Å². The van der Waals surface area contributed by atoms with Gasteiger partial charge in [0.1, 0.15) is 24.2 Å². The Labute approximate surface area is 284 Å². The van der Waals surface area contributed by atoms with E-state index in [1.165, 1.54) is 11.1 Å². The minimum atomic E-state index is -0.612. The van der Waals surface area contributed by atoms with E-state index in [4.69, 9.17) is 14.2 Å². The molecule has 7 nitrogen and oxygen atoms in total. The molecule has 1 aliphatic rings. The van der Waals surface area contributed by atoms with Gasteiger partial charge in [-0.05, 0) is 103 Å². The third-order valence-corrected chi connectivity index (χ3v) is 9.08. The van der Waals surface area contributed by atoms with E-state index in [0.29, 0.717) is 35.5 Å². The second kappa shape index (κ2) is 15.1. The predicted molar refractivity (Wildman–Crippen MR) is 194 cm³/mol. The quantitative estimate of drug-likeness (QED) is 0.141. The maximum Gasteiger partial charge on any atom is 0.163 e. The van der Waals surface area contributed by atoms with Crippen molar-refractivity contribution in [1.82, 2.24) is 9.88 Å². The summed E-state index contributed by atoms with van der Waals surface area (Å²) >= 11 is 0. The van der Waals surface area contributed by atoms with Crippen LogP contribution < -0.4 is 19.5 Å². The number of anilines is 2. The van der Waals surface area contributed by atoms with Crippen LogP contribution in [0.5, 0.6) is 23.0 Å². The number of methoxy groups -OCH3 is 1. The van der Waals surface area contributed by atoms with Crippen molar-refractivity contribution in [3.8, 4) is 23.0 Å². The molecule has 1 aromatic heterocycles. The molecule has 6 rings (SSSR count). The monoisotopic (exact) mass is 645 g/mol. The average molecular weight is 646 g/mol. The Morgan fingerprint density at radius 2 is 1.54 bits per heavy atom. The number of piperidine rings is 1. The first-order chi connectivity index (χ1) is 23.2. The highest BCUT2D eigenvalue weighted by Crippen LogP contribution is 2.37. The van der Waals surface area contributed by atoms with Gasteiger partial charge in [-0.3, -0.25) is 4.98 Å². The molecule has 2 heterocycles. The molecule has 0 amide bonds. The van der Waals surface area contributed by atoms with E-state index in [1.807, 2.05) is 42.5 Å². The molecule has 1 unspecified atom stereocenters. The van der Waals surface area contributed by atoms with Gasteiger partial charge in [-0.25, -0.2) is 0 Å². The van der Waals surface area contributed by atoms with E-state index in [9.17, 15) is 5.11 Å². The summed E-state index contributed by atoms with van der Waals surface area (Å²) in [5.41, 5.74) is 5.56. The van der Waals surface area contributed by atoms with Gasteiger partial charge in [-0.1, -0.05) is 63.2 Å². The normalized spacial score (nSPS) is 14.9. The number of β-amino-alcohol motifs (C(OH)–C–C–N with tert-alkyl or cyclic N) is 1. The molecular weight excluding hydrogens is 598 g/mol. The molecule has 1 fully saturated rings. The standard InChI is InChI=1S/C41H47N3O4/c1-41(2,3)31-10-12-32(13-11-31)43-33-14-16-35(17-15-33)48-38-18-21-42-37-26-40(39(46-4)25-36(37)38)47-28-34(45)27-44-22-19-30(20-23-44)24-29-8-6-5-7-9-29/h5-18,21,25-26,30,34,43,45H,19-20,22-24,27-28H2,1-4H3. The highest BCUT2D eigenvalue weighted by Gasteiger charge is 2.22. The van der Waals surface area contributed by atoms with Crippen molar-refractivity contribution in [2.24, 2.45) is 5.92 Å². The molecule has 1 saturated heterocycles. The Morgan fingerprint density at radius 3 is 2.21 bits per heavy atom. The number of hydrogen-bond donors (Lipinski definition) is 2. The SMILES string of the molecule is COc1cc2c(Oc3ccc(Nc4ccc(C(C)(C)C)cc4)cc3)ccnc2cc1OCC(O)CN1CCC(Cc2ccccc2)CC1. The third-order valence-electron chi connectivity index (χ3n) is 9.08. The molecule has 48 heavy (non-hydrogen) atoms. The number of nitrogens with zero attached hydrogens (tertiary/aromatic N) is 2. The third kappa shape index (κ3) is 8.65. The number of likely N-dealkylation sites (tertiary alicyclic amines) is 1. The van der Waals surface area contributed by atoms with Crippen molar-refractivity contribution < 1.29 is 19.3 Å². The van der Waals surface area contributed by atoms with Crippen LogP contribution in [0, 0.1) is 5.92 Å². The molecule has 1 aliphatic heterocycles. The fourth-order valence-corrected chi connectivity index (χ4v) is 6.30. The van der Waals surface area contributed by atoms with Gasteiger partial charge < -0.3 is 29.5 Å². The van der Waals surface area contributed by atoms with Crippen molar-refractivity contribution in [3.05, 3.63) is 114 Å². The van der Waals surface area contributed by atoms with Crippen LogP contribution >= 0.6 is 0 Å². The number of nitrogens with one attached hydrogen (secondary N) is 1. The Hall–Kier alpha value is -4.59. The lowest BCUT2D eigenvalue weighted by Crippen LogP contribution is -2.41. The molecular formula is C41H47N3O4. The zero-order chi connectivity index (χ0) is 33.5. The molecule has 5 aromatic rings. The Bertz CT molecular complexity index is 1760. The zero-order valence-electron chi connectivity index (χ0n) is 28.5. The minimum Gasteiger partial charge on any atom is -0.493 e. The maximum absolute atomic E-state index is 10.8. The van der Waals surface area contributed by atoms with Gasteiger partial charge in [0.25, 0.3) is 0 Å². The van der Waals surface area contributed by atoms with Crippen LogP contribution in [0.4, 0.5) is 11.4 Å². The Balaban J connectivity index is 1.04. The van der Waals surface area contributed by atoms with Crippen LogP contribution in [0.1, 0.15) is 44.7 Å². The topological polar surface area (TPSA) is 76.1 Å². The Kier molecular flexibility index (Phi) is 10.5. The zero-order valence-corrected chi connectivity index (χ0v) is 28.5. The number of aromatic nitrogens is 1. The average Bonchev–Trinajstić information content (AvgIpc) is 3.09. The number of rotatable bonds is 12. The van der Waals surface area contributed by atoms with Crippen molar-refractivity contribution in [3.63, 3.8) is 0 Å². The molecule has 0 bridgehead atoms. The number of fused-ring (bicyclic) bond motifs is 1. The first kappa shape index (κ1) is 33.3. The second-order valence-electron chi connectivity index (χ2n) is 13.8. The van der Waals surface area contributed by atoms with Crippen molar-refractivity contribution in [1.29, 1.82) is 0 Å². The Morgan fingerprint density at radius 1 is 0.854 bits per heavy atom. The molecule has 2 N–H and O–H groups in total. The van der Waals surface area contributed by atoms with Crippen LogP contribution in [-0.2, 0) is 11.8 Å². The number of pyridine rings is 1. The lowest BCUT2D eigenvalue weighted by atomic mass is 9.87. The number of aliphatic hydroxyl groups excluding tert-OH is 1. The smallest absolute Gasteiger partial charge is 0.163 e. The minimum absolute atomic E-state index is 0.122. The predicted octanol–water partition coefficient (Wildman–Crippen LogP) is 8.77. The van der Waals surface area contributed by atoms with Crippen LogP contribution in [0.2, 0.25) is 0 Å². The summed E-state index contributed by atoms with van der Waals surface area (Å²) in [6.07, 6.45) is 4.52. The fraction of sp³-hybridized carbons (Fsp3) is 0.341. The largest absolute Gasteiger partial charge is 0.493 e. The lowest BCUT2D eigenvalue weighted by Gasteiger charge is -2.33. The van der Waals surface area contributed by atoms with Crippen LogP contribution in [0.25, 0.3) is 10.9 Å². The molecule has 1 atom stereocenters. The summed E-state index contributed by atoms with van der Waals surface area (Å²) in [5.74, 6) is 3.17. The van der Waals surface area contributed by atoms with E-state index < -0.39 is 6.10 Å². The summed E-state index contributed by atoms with van der Waals surface area (Å²) in [6, 6.07) is 32.7. The van der Waals surface area contributed by atoms with Gasteiger partial charge in [0, 0.05) is 35.6 Å². The summed E-state index contributed by atoms with van der Waals surface area (Å²) < 4.78 is 18.1. The van der Waals surface area contributed by atoms with Crippen LogP contribution in [0.15, 0.2) is 103 Å². The summed E-state index contributed by atoms with van der Waals surface area (Å²) in [5, 5.41) is 15.1. The first-order valence-electron chi connectivity index (χ1n) is 16.9. The van der Waals surface area contributed by atoms with E-state index in [1.54, 1.807) is 13.3 Å². The highest BCUT2D eigenvalue weighted by molar-refractivity contribution is 5.88. The molecule has 250 valence electrons. The van der Waals surface area contributed by atoms with Crippen LogP contribution in [0.3, 0.4) is 0 Å². The maximum atomic E-state index is 10.8. The van der Waals surface area contributed by atoms with Gasteiger partial charge >= 0.3 is 0 Å². The molecule has 7 heteroatoms. The summed E-state index contributed by atoms with van der Waals surface area (Å²) in [7, 11) is 1.61. The van der Waals surface area contributed by atoms with Gasteiger partial charge in [0.05, 0.1) is 12.6 Å². The molecule has 0 spiro atoms. The highest BCUT2D eigenvalue weighted by atomic mass is 16.5. The van der Waals surface area contributed by atoms with Crippen molar-refractivity contribution in [2.45, 2.75) is 51.6 Å². The molecule has 4 aromatic carbocycles. The molecule has 0 aliphatic carbocycles. The van der Waals surface area contributed by atoms with Crippen molar-refractivity contribution in [2.75, 3.05) is 38.7 Å². The second-order valence-corrected chi connectivity index (χ2v) is 13.8. The van der Waals surface area contributed by atoms with E-state index in [2.05, 4.69) is 90.6 Å². The van der Waals surface area contributed by atoms with E-state index in [-0.39, 0.29) is 12.0 Å². The van der Waals surface area contributed by atoms with Gasteiger partial charge in [-0.2, -0.15) is 0 Å². The lowest BCUT2D eigenvalue weighted by molar-refractivity contribution is 0.0543. The molecule has 0 saturated carbocycles. The number of aliphatic hydroxyl groups is 1. The van der Waals surface area contributed by atoms with Gasteiger partial charge in [0.2, 0.25) is 0 Å². The summed E-state index contributed by atoms with van der Waals surface area (Å²) in [4.78, 5) is 6.90. The summed E-state index contributed by atoms with van der Waals surface area (Å²) in [6.45, 7) is 9.39. The number of ether oxygens (including phenoxy) is 3. The van der Waals surface area contributed by atoms with E-state index >= 15 is 0 Å². The number of hydrogen-bond acceptors (Lipinski definition) is 7. The van der Waals surface area contributed by atoms with Crippen LogP contribution in [-0.4, -0.2) is 54.4 Å². The fourth-order valence-electron chi connectivity index (χ4n) is 6.30. The van der Waals surface area contributed by atoms with Gasteiger partial charge in [-0.15, -0.1) is 0 Å². The molecule has 0 radical (unpaired) electrons.